The van der Waals surface area contributed by atoms with E-state index in [2.05, 4.69) is 20.5 Å². The second kappa shape index (κ2) is 5.88. The summed E-state index contributed by atoms with van der Waals surface area (Å²) < 4.78 is 1.53. The smallest absolute Gasteiger partial charge is 0.308 e. The number of aliphatic carboxylic acids is 1. The van der Waals surface area contributed by atoms with Gasteiger partial charge in [0.2, 0.25) is 5.82 Å². The van der Waals surface area contributed by atoms with E-state index in [1.165, 1.54) is 16.0 Å². The van der Waals surface area contributed by atoms with Gasteiger partial charge in [-0.3, -0.25) is 4.79 Å². The Morgan fingerprint density at radius 1 is 1.48 bits per heavy atom. The third-order valence-electron chi connectivity index (χ3n) is 2.98. The van der Waals surface area contributed by atoms with Gasteiger partial charge in [-0.2, -0.15) is 0 Å². The van der Waals surface area contributed by atoms with Crippen molar-refractivity contribution < 1.29 is 9.90 Å². The van der Waals surface area contributed by atoms with Crippen molar-refractivity contribution >= 4 is 17.3 Å². The van der Waals surface area contributed by atoms with Gasteiger partial charge < -0.3 is 5.11 Å². The summed E-state index contributed by atoms with van der Waals surface area (Å²) in [7, 11) is 0. The molecule has 1 unspecified atom stereocenters. The fourth-order valence-corrected chi connectivity index (χ4v) is 2.75. The van der Waals surface area contributed by atoms with Gasteiger partial charge in [0.1, 0.15) is 5.69 Å². The number of carboxylic acids is 1. The molecule has 0 fully saturated rings. The second-order valence-electron chi connectivity index (χ2n) is 6.24. The molecular formula is C13H19N5O2S. The topological polar surface area (TPSA) is 93.8 Å². The summed E-state index contributed by atoms with van der Waals surface area (Å²) in [5, 5.41) is 23.7. The van der Waals surface area contributed by atoms with E-state index in [1.54, 1.807) is 0 Å². The monoisotopic (exact) mass is 309 g/mol. The van der Waals surface area contributed by atoms with Gasteiger partial charge in [-0.15, -0.1) is 16.4 Å². The van der Waals surface area contributed by atoms with Gasteiger partial charge >= 0.3 is 5.97 Å². The molecule has 0 aliphatic carbocycles. The van der Waals surface area contributed by atoms with Crippen molar-refractivity contribution in [2.45, 2.75) is 40.7 Å². The molecule has 2 aromatic heterocycles. The maximum absolute atomic E-state index is 11.5. The minimum absolute atomic E-state index is 0.0750. The predicted octanol–water partition coefficient (Wildman–Crippen LogP) is 2.24. The van der Waals surface area contributed by atoms with Crippen molar-refractivity contribution in [3.05, 3.63) is 10.4 Å². The molecule has 2 rings (SSSR count). The van der Waals surface area contributed by atoms with E-state index < -0.39 is 11.9 Å². The van der Waals surface area contributed by atoms with E-state index in [1.807, 2.05) is 33.1 Å². The number of aromatic nitrogens is 5. The molecule has 0 aromatic carbocycles. The molecule has 0 aliphatic rings. The number of aryl methyl sites for hydroxylation is 1. The third kappa shape index (κ3) is 4.07. The molecule has 1 N–H and O–H groups in total. The Bertz CT molecular complexity index is 629. The van der Waals surface area contributed by atoms with E-state index in [9.17, 15) is 9.90 Å². The van der Waals surface area contributed by atoms with Crippen LogP contribution in [0.4, 0.5) is 0 Å². The highest BCUT2D eigenvalue weighted by Crippen LogP contribution is 2.27. The Morgan fingerprint density at radius 3 is 2.71 bits per heavy atom. The molecule has 0 spiro atoms. The van der Waals surface area contributed by atoms with Crippen molar-refractivity contribution in [2.75, 3.05) is 0 Å². The van der Waals surface area contributed by atoms with Gasteiger partial charge in [-0.25, -0.2) is 9.67 Å². The molecule has 0 saturated heterocycles. The van der Waals surface area contributed by atoms with E-state index in [4.69, 9.17) is 0 Å². The van der Waals surface area contributed by atoms with Crippen LogP contribution in [0.25, 0.3) is 11.5 Å². The van der Waals surface area contributed by atoms with Gasteiger partial charge in [0.25, 0.3) is 0 Å². The zero-order chi connectivity index (χ0) is 15.6. The van der Waals surface area contributed by atoms with Crippen LogP contribution in [-0.4, -0.2) is 36.3 Å². The van der Waals surface area contributed by atoms with Crippen LogP contribution >= 0.6 is 11.3 Å². The van der Waals surface area contributed by atoms with Gasteiger partial charge in [0.15, 0.2) is 0 Å². The Morgan fingerprint density at radius 2 is 2.19 bits per heavy atom. The number of carbonyl (C=O) groups is 1. The first-order chi connectivity index (χ1) is 9.76. The highest BCUT2D eigenvalue weighted by molar-refractivity contribution is 7.09. The molecular weight excluding hydrogens is 290 g/mol. The van der Waals surface area contributed by atoms with Gasteiger partial charge in [0, 0.05) is 5.38 Å². The lowest BCUT2D eigenvalue weighted by Gasteiger charge is -2.23. The van der Waals surface area contributed by atoms with Crippen molar-refractivity contribution in [1.82, 2.24) is 25.2 Å². The molecule has 8 heteroatoms. The first-order valence-electron chi connectivity index (χ1n) is 6.68. The molecule has 0 aliphatic heterocycles. The SMILES string of the molecule is Cc1nc(-c2nnnn2CC(CC(C)(C)C)C(=O)O)cs1. The van der Waals surface area contributed by atoms with Crippen LogP contribution in [0.1, 0.15) is 32.2 Å². The third-order valence-corrected chi connectivity index (χ3v) is 3.75. The van der Waals surface area contributed by atoms with Crippen LogP contribution in [0.3, 0.4) is 0 Å². The van der Waals surface area contributed by atoms with E-state index in [0.29, 0.717) is 17.9 Å². The molecule has 0 saturated carbocycles. The maximum atomic E-state index is 11.5. The molecule has 2 heterocycles. The zero-order valence-corrected chi connectivity index (χ0v) is 13.4. The Labute approximate surface area is 127 Å². The van der Waals surface area contributed by atoms with Crippen LogP contribution < -0.4 is 0 Å². The lowest BCUT2D eigenvalue weighted by Crippen LogP contribution is -2.26. The summed E-state index contributed by atoms with van der Waals surface area (Å²) in [6.07, 6.45) is 0.553. The van der Waals surface area contributed by atoms with Crippen molar-refractivity contribution in [1.29, 1.82) is 0 Å². The average Bonchev–Trinajstić information content (AvgIpc) is 2.95. The van der Waals surface area contributed by atoms with Crippen molar-refractivity contribution in [3.63, 3.8) is 0 Å². The quantitative estimate of drug-likeness (QED) is 0.910. The summed E-state index contributed by atoms with van der Waals surface area (Å²) in [4.78, 5) is 15.8. The molecule has 0 bridgehead atoms. The second-order valence-corrected chi connectivity index (χ2v) is 7.30. The zero-order valence-electron chi connectivity index (χ0n) is 12.6. The van der Waals surface area contributed by atoms with Crippen LogP contribution in [0.5, 0.6) is 0 Å². The highest BCUT2D eigenvalue weighted by Gasteiger charge is 2.27. The molecule has 114 valence electrons. The molecule has 2 aromatic rings. The van der Waals surface area contributed by atoms with Gasteiger partial charge in [-0.1, -0.05) is 20.8 Å². The summed E-state index contributed by atoms with van der Waals surface area (Å²) in [5.41, 5.74) is 0.608. The number of thiazole rings is 1. The predicted molar refractivity (Wildman–Crippen MR) is 78.9 cm³/mol. The minimum atomic E-state index is -0.833. The maximum Gasteiger partial charge on any atom is 0.308 e. The molecule has 0 amide bonds. The standard InChI is InChI=1S/C13H19N5O2S/c1-8-14-10(7-21-8)11-15-16-17-18(11)6-9(12(19)20)5-13(2,3)4/h7,9H,5-6H2,1-4H3,(H,19,20). The summed E-state index contributed by atoms with van der Waals surface area (Å²) >= 11 is 1.51. The van der Waals surface area contributed by atoms with Crippen LogP contribution in [0.15, 0.2) is 5.38 Å². The Hall–Kier alpha value is -1.83. The lowest BCUT2D eigenvalue weighted by molar-refractivity contribution is -0.143. The largest absolute Gasteiger partial charge is 0.481 e. The number of hydrogen-bond acceptors (Lipinski definition) is 6. The average molecular weight is 309 g/mol. The fourth-order valence-electron chi connectivity index (χ4n) is 2.16. The molecule has 0 radical (unpaired) electrons. The minimum Gasteiger partial charge on any atom is -0.481 e. The van der Waals surface area contributed by atoms with E-state index in [-0.39, 0.29) is 12.0 Å². The van der Waals surface area contributed by atoms with E-state index >= 15 is 0 Å². The van der Waals surface area contributed by atoms with Crippen molar-refractivity contribution in [2.24, 2.45) is 11.3 Å². The van der Waals surface area contributed by atoms with Crippen LogP contribution in [0.2, 0.25) is 0 Å². The summed E-state index contributed by atoms with van der Waals surface area (Å²) in [6, 6.07) is 0. The number of rotatable bonds is 5. The number of tetrazole rings is 1. The highest BCUT2D eigenvalue weighted by atomic mass is 32.1. The van der Waals surface area contributed by atoms with Gasteiger partial charge in [0.05, 0.1) is 17.5 Å². The van der Waals surface area contributed by atoms with Gasteiger partial charge in [-0.05, 0) is 29.2 Å². The molecule has 7 nitrogen and oxygen atoms in total. The van der Waals surface area contributed by atoms with E-state index in [0.717, 1.165) is 5.01 Å². The number of carboxylic acid groups (broad SMARTS) is 1. The first kappa shape index (κ1) is 15.6. The molecule has 1 atom stereocenters. The first-order valence-corrected chi connectivity index (χ1v) is 7.56. The summed E-state index contributed by atoms with van der Waals surface area (Å²) in [6.45, 7) is 8.21. The summed E-state index contributed by atoms with van der Waals surface area (Å²) in [5.74, 6) is -0.854. The Kier molecular flexibility index (Phi) is 4.36. The van der Waals surface area contributed by atoms with Crippen LogP contribution in [-0.2, 0) is 11.3 Å². The number of hydrogen-bond donors (Lipinski definition) is 1. The van der Waals surface area contributed by atoms with Crippen molar-refractivity contribution in [3.8, 4) is 11.5 Å². The normalized spacial score (nSPS) is 13.3. The number of nitrogens with zero attached hydrogens (tertiary/aromatic N) is 5. The van der Waals surface area contributed by atoms with Crippen LogP contribution in [0, 0.1) is 18.3 Å². The molecule has 21 heavy (non-hydrogen) atoms. The Balaban J connectivity index is 2.22. The lowest BCUT2D eigenvalue weighted by atomic mass is 9.84. The fraction of sp³-hybridized carbons (Fsp3) is 0.615.